The average Bonchev–Trinajstić information content (AvgIpc) is 2.60. The number of benzene rings is 1. The molecule has 1 aromatic rings. The number of carbonyl (C=O) groups excluding carboxylic acids is 1. The molecule has 24 heavy (non-hydrogen) atoms. The molecule has 132 valence electrons. The molecule has 0 bridgehead atoms. The smallest absolute Gasteiger partial charge is 0.339 e. The second kappa shape index (κ2) is 8.86. The number of carboxylic acids is 1. The van der Waals surface area contributed by atoms with Gasteiger partial charge in [0.2, 0.25) is 0 Å². The van der Waals surface area contributed by atoms with E-state index < -0.39 is 11.9 Å². The molecule has 0 heterocycles. The Labute approximate surface area is 144 Å². The van der Waals surface area contributed by atoms with E-state index >= 15 is 0 Å². The standard InChI is InChI=1S/C20H28O4/c1-3-4-7-15-10-12-16(13-11-15)14(2)24-20(23)18-9-6-5-8-17(18)19(21)22/h5-6,8-9,14-16H,3-4,7,10-13H2,1-2H3,(H,21,22)/t14-,15?,16?/m1/s1. The Morgan fingerprint density at radius 3 is 2.38 bits per heavy atom. The van der Waals surface area contributed by atoms with Crippen LogP contribution in [0.25, 0.3) is 0 Å². The fourth-order valence-electron chi connectivity index (χ4n) is 3.62. The summed E-state index contributed by atoms with van der Waals surface area (Å²) in [5, 5.41) is 9.19. The average molecular weight is 332 g/mol. The zero-order valence-corrected chi connectivity index (χ0v) is 14.7. The first-order valence-electron chi connectivity index (χ1n) is 9.06. The van der Waals surface area contributed by atoms with Crippen molar-refractivity contribution in [1.29, 1.82) is 0 Å². The number of unbranched alkanes of at least 4 members (excludes halogenated alkanes) is 1. The van der Waals surface area contributed by atoms with Crippen LogP contribution in [-0.2, 0) is 4.74 Å². The van der Waals surface area contributed by atoms with Crippen LogP contribution < -0.4 is 0 Å². The summed E-state index contributed by atoms with van der Waals surface area (Å²) >= 11 is 0. The van der Waals surface area contributed by atoms with E-state index in [1.165, 1.54) is 44.2 Å². The molecule has 0 aromatic heterocycles. The Kier molecular flexibility index (Phi) is 6.83. The van der Waals surface area contributed by atoms with Crippen molar-refractivity contribution >= 4 is 11.9 Å². The lowest BCUT2D eigenvalue weighted by atomic mass is 9.78. The number of esters is 1. The molecule has 2 rings (SSSR count). The first-order chi connectivity index (χ1) is 11.5. The fraction of sp³-hybridized carbons (Fsp3) is 0.600. The summed E-state index contributed by atoms with van der Waals surface area (Å²) in [6.45, 7) is 4.15. The third-order valence-corrected chi connectivity index (χ3v) is 5.19. The maximum absolute atomic E-state index is 12.3. The molecule has 1 saturated carbocycles. The van der Waals surface area contributed by atoms with Crippen molar-refractivity contribution < 1.29 is 19.4 Å². The topological polar surface area (TPSA) is 63.6 Å². The lowest BCUT2D eigenvalue weighted by Crippen LogP contribution is -2.28. The van der Waals surface area contributed by atoms with Crippen LogP contribution in [0.15, 0.2) is 24.3 Å². The lowest BCUT2D eigenvalue weighted by Gasteiger charge is -2.32. The van der Waals surface area contributed by atoms with Crippen molar-refractivity contribution in [3.8, 4) is 0 Å². The molecule has 0 spiro atoms. The summed E-state index contributed by atoms with van der Waals surface area (Å²) in [6, 6.07) is 6.22. The van der Waals surface area contributed by atoms with Crippen molar-refractivity contribution in [2.24, 2.45) is 11.8 Å². The molecule has 1 fully saturated rings. The molecule has 4 heteroatoms. The van der Waals surface area contributed by atoms with E-state index in [1.807, 2.05) is 6.92 Å². The summed E-state index contributed by atoms with van der Waals surface area (Å²) in [6.07, 6.45) is 8.27. The van der Waals surface area contributed by atoms with Crippen LogP contribution in [0.5, 0.6) is 0 Å². The SMILES string of the molecule is CCCCC1CCC([C@@H](C)OC(=O)c2ccccc2C(=O)O)CC1. The Hall–Kier alpha value is -1.84. The largest absolute Gasteiger partial charge is 0.478 e. The number of aromatic carboxylic acids is 1. The molecule has 1 N–H and O–H groups in total. The second-order valence-electron chi connectivity index (χ2n) is 6.88. The van der Waals surface area contributed by atoms with Gasteiger partial charge in [0.25, 0.3) is 0 Å². The third kappa shape index (κ3) is 4.83. The van der Waals surface area contributed by atoms with E-state index in [9.17, 15) is 14.7 Å². The first-order valence-corrected chi connectivity index (χ1v) is 9.06. The normalized spacial score (nSPS) is 21.9. The highest BCUT2D eigenvalue weighted by Crippen LogP contribution is 2.34. The first kappa shape index (κ1) is 18.5. The van der Waals surface area contributed by atoms with E-state index in [0.29, 0.717) is 5.92 Å². The molecular weight excluding hydrogens is 304 g/mol. The number of carbonyl (C=O) groups is 2. The Bertz CT molecular complexity index is 559. The number of hydrogen-bond donors (Lipinski definition) is 1. The van der Waals surface area contributed by atoms with E-state index in [1.54, 1.807) is 12.1 Å². The van der Waals surface area contributed by atoms with Crippen LogP contribution in [0.4, 0.5) is 0 Å². The molecule has 0 aliphatic heterocycles. The van der Waals surface area contributed by atoms with Crippen LogP contribution in [0, 0.1) is 11.8 Å². The Balaban J connectivity index is 1.90. The highest BCUT2D eigenvalue weighted by Gasteiger charge is 2.28. The molecule has 1 aromatic carbocycles. The van der Waals surface area contributed by atoms with Crippen molar-refractivity contribution in [2.45, 2.75) is 64.9 Å². The highest BCUT2D eigenvalue weighted by atomic mass is 16.5. The molecule has 0 radical (unpaired) electrons. The summed E-state index contributed by atoms with van der Waals surface area (Å²) in [5.74, 6) is -0.444. The summed E-state index contributed by atoms with van der Waals surface area (Å²) < 4.78 is 5.58. The van der Waals surface area contributed by atoms with Gasteiger partial charge in [-0.15, -0.1) is 0 Å². The van der Waals surface area contributed by atoms with Gasteiger partial charge >= 0.3 is 11.9 Å². The number of hydrogen-bond acceptors (Lipinski definition) is 3. The zero-order valence-electron chi connectivity index (χ0n) is 14.7. The lowest BCUT2D eigenvalue weighted by molar-refractivity contribution is 0.0108. The maximum atomic E-state index is 12.3. The zero-order chi connectivity index (χ0) is 17.5. The number of carboxylic acid groups (broad SMARTS) is 1. The summed E-state index contributed by atoms with van der Waals surface area (Å²) in [4.78, 5) is 23.6. The predicted octanol–water partition coefficient (Wildman–Crippen LogP) is 4.93. The van der Waals surface area contributed by atoms with Gasteiger partial charge in [0.1, 0.15) is 6.10 Å². The van der Waals surface area contributed by atoms with Crippen molar-refractivity contribution in [1.82, 2.24) is 0 Å². The second-order valence-corrected chi connectivity index (χ2v) is 6.88. The highest BCUT2D eigenvalue weighted by molar-refractivity contribution is 6.02. The minimum Gasteiger partial charge on any atom is -0.478 e. The van der Waals surface area contributed by atoms with Crippen LogP contribution in [0.3, 0.4) is 0 Å². The molecule has 0 saturated heterocycles. The van der Waals surface area contributed by atoms with Gasteiger partial charge in [-0.25, -0.2) is 9.59 Å². The molecule has 4 nitrogen and oxygen atoms in total. The van der Waals surface area contributed by atoms with E-state index in [4.69, 9.17) is 4.74 Å². The van der Waals surface area contributed by atoms with Gasteiger partial charge in [-0.3, -0.25) is 0 Å². The molecule has 1 aliphatic rings. The van der Waals surface area contributed by atoms with Crippen LogP contribution in [0.1, 0.15) is 79.5 Å². The summed E-state index contributed by atoms with van der Waals surface area (Å²) in [7, 11) is 0. The molecular formula is C20H28O4. The van der Waals surface area contributed by atoms with Gasteiger partial charge in [0, 0.05) is 0 Å². The Morgan fingerprint density at radius 1 is 1.17 bits per heavy atom. The minimum absolute atomic E-state index is 0.00188. The van der Waals surface area contributed by atoms with Gasteiger partial charge < -0.3 is 9.84 Å². The molecule has 0 amide bonds. The van der Waals surface area contributed by atoms with Gasteiger partial charge in [-0.1, -0.05) is 51.2 Å². The van der Waals surface area contributed by atoms with Gasteiger partial charge in [-0.05, 0) is 43.7 Å². The third-order valence-electron chi connectivity index (χ3n) is 5.19. The van der Waals surface area contributed by atoms with E-state index in [0.717, 1.165) is 18.8 Å². The van der Waals surface area contributed by atoms with Crippen LogP contribution in [-0.4, -0.2) is 23.1 Å². The molecule has 1 aliphatic carbocycles. The summed E-state index contributed by atoms with van der Waals surface area (Å²) in [5.41, 5.74) is 0.131. The van der Waals surface area contributed by atoms with Gasteiger partial charge in [-0.2, -0.15) is 0 Å². The van der Waals surface area contributed by atoms with E-state index in [-0.39, 0.29) is 17.2 Å². The maximum Gasteiger partial charge on any atom is 0.339 e. The van der Waals surface area contributed by atoms with Crippen molar-refractivity contribution in [3.63, 3.8) is 0 Å². The van der Waals surface area contributed by atoms with Gasteiger partial charge in [0.15, 0.2) is 0 Å². The van der Waals surface area contributed by atoms with Crippen molar-refractivity contribution in [2.75, 3.05) is 0 Å². The predicted molar refractivity (Wildman–Crippen MR) is 93.3 cm³/mol. The molecule has 0 unspecified atom stereocenters. The van der Waals surface area contributed by atoms with Crippen molar-refractivity contribution in [3.05, 3.63) is 35.4 Å². The van der Waals surface area contributed by atoms with E-state index in [2.05, 4.69) is 6.92 Å². The minimum atomic E-state index is -1.10. The monoisotopic (exact) mass is 332 g/mol. The molecule has 1 atom stereocenters. The van der Waals surface area contributed by atoms with Crippen LogP contribution in [0.2, 0.25) is 0 Å². The fourth-order valence-corrected chi connectivity index (χ4v) is 3.62. The van der Waals surface area contributed by atoms with Gasteiger partial charge in [0.05, 0.1) is 11.1 Å². The van der Waals surface area contributed by atoms with Crippen LogP contribution >= 0.6 is 0 Å². The Morgan fingerprint density at radius 2 is 1.79 bits per heavy atom. The number of rotatable bonds is 7. The number of ether oxygens (including phenoxy) is 1. The quantitative estimate of drug-likeness (QED) is 0.719.